The number of nitrogens with zero attached hydrogens (tertiary/aromatic N) is 2. The lowest BCUT2D eigenvalue weighted by molar-refractivity contribution is 0.0729. The second-order valence-corrected chi connectivity index (χ2v) is 10.4. The molecule has 1 saturated heterocycles. The van der Waals surface area contributed by atoms with Crippen molar-refractivity contribution in [1.82, 2.24) is 14.3 Å². The molecular weight excluding hydrogens is 476 g/mol. The largest absolute Gasteiger partial charge is 0.495 e. The van der Waals surface area contributed by atoms with E-state index in [-0.39, 0.29) is 29.3 Å². The van der Waals surface area contributed by atoms with Gasteiger partial charge in [0.15, 0.2) is 5.13 Å². The van der Waals surface area contributed by atoms with E-state index in [9.17, 15) is 13.2 Å². The van der Waals surface area contributed by atoms with Gasteiger partial charge in [-0.05, 0) is 24.3 Å². The number of amides is 1. The summed E-state index contributed by atoms with van der Waals surface area (Å²) >= 11 is 1.30. The zero-order valence-corrected chi connectivity index (χ0v) is 19.9. The van der Waals surface area contributed by atoms with E-state index in [1.165, 1.54) is 41.0 Å². The van der Waals surface area contributed by atoms with Crippen LogP contribution in [0.4, 0.5) is 5.13 Å². The highest BCUT2D eigenvalue weighted by Crippen LogP contribution is 2.32. The van der Waals surface area contributed by atoms with Crippen molar-refractivity contribution in [3.05, 3.63) is 59.6 Å². The summed E-state index contributed by atoms with van der Waals surface area (Å²) in [5.74, 6) is -0.278. The molecule has 1 fully saturated rings. The third-order valence-electron chi connectivity index (χ3n) is 5.60. The molecule has 1 aliphatic rings. The Morgan fingerprint density at radius 3 is 2.79 bits per heavy atom. The molecule has 0 radical (unpaired) electrons. The quantitative estimate of drug-likeness (QED) is 0.420. The number of sulfonamides is 1. The van der Waals surface area contributed by atoms with Gasteiger partial charge in [0.25, 0.3) is 5.91 Å². The maximum atomic E-state index is 13.2. The number of rotatable bonds is 6. The highest BCUT2D eigenvalue weighted by atomic mass is 32.2. The van der Waals surface area contributed by atoms with Crippen molar-refractivity contribution in [3.63, 3.8) is 0 Å². The van der Waals surface area contributed by atoms with E-state index in [4.69, 9.17) is 9.47 Å². The van der Waals surface area contributed by atoms with Crippen LogP contribution in [0.3, 0.4) is 0 Å². The van der Waals surface area contributed by atoms with Gasteiger partial charge < -0.3 is 14.5 Å². The summed E-state index contributed by atoms with van der Waals surface area (Å²) < 4.78 is 38.2. The SMILES string of the molecule is COc1ccc(C(=O)Nc2nc(-c3c[nH]c4ccccc34)cs2)cc1S(=O)(=O)N1CCOCC1. The first kappa shape index (κ1) is 22.5. The number of morpholine rings is 1. The minimum absolute atomic E-state index is 0.0526. The van der Waals surface area contributed by atoms with Crippen molar-refractivity contribution in [2.24, 2.45) is 0 Å². The van der Waals surface area contributed by atoms with Crippen molar-refractivity contribution < 1.29 is 22.7 Å². The molecule has 5 rings (SSSR count). The summed E-state index contributed by atoms with van der Waals surface area (Å²) in [5.41, 5.74) is 2.87. The first-order chi connectivity index (χ1) is 16.5. The summed E-state index contributed by atoms with van der Waals surface area (Å²) in [7, 11) is -2.45. The Labute approximate surface area is 200 Å². The van der Waals surface area contributed by atoms with Crippen molar-refractivity contribution in [2.45, 2.75) is 4.90 Å². The highest BCUT2D eigenvalue weighted by molar-refractivity contribution is 7.89. The average Bonchev–Trinajstić information content (AvgIpc) is 3.51. The second-order valence-electron chi connectivity index (χ2n) is 7.62. The highest BCUT2D eigenvalue weighted by Gasteiger charge is 2.30. The summed E-state index contributed by atoms with van der Waals surface area (Å²) in [6.07, 6.45) is 1.89. The summed E-state index contributed by atoms with van der Waals surface area (Å²) in [6, 6.07) is 12.3. The molecule has 0 saturated carbocycles. The van der Waals surface area contributed by atoms with E-state index in [0.717, 1.165) is 22.2 Å². The van der Waals surface area contributed by atoms with Crippen LogP contribution in [0.2, 0.25) is 0 Å². The lowest BCUT2D eigenvalue weighted by Gasteiger charge is -2.26. The number of methoxy groups -OCH3 is 1. The minimum Gasteiger partial charge on any atom is -0.495 e. The van der Waals surface area contributed by atoms with Crippen LogP contribution in [0.15, 0.2) is 58.9 Å². The second kappa shape index (κ2) is 9.18. The van der Waals surface area contributed by atoms with E-state index >= 15 is 0 Å². The van der Waals surface area contributed by atoms with E-state index < -0.39 is 15.9 Å². The summed E-state index contributed by atoms with van der Waals surface area (Å²) in [4.78, 5) is 20.7. The molecule has 0 unspecified atom stereocenters. The fourth-order valence-corrected chi connectivity index (χ4v) is 6.15. The van der Waals surface area contributed by atoms with E-state index in [0.29, 0.717) is 18.3 Å². The smallest absolute Gasteiger partial charge is 0.257 e. The molecule has 4 aromatic rings. The van der Waals surface area contributed by atoms with E-state index in [2.05, 4.69) is 15.3 Å². The maximum Gasteiger partial charge on any atom is 0.257 e. The van der Waals surface area contributed by atoms with Crippen LogP contribution in [0.1, 0.15) is 10.4 Å². The normalized spacial score (nSPS) is 14.9. The number of para-hydroxylation sites is 1. The number of carbonyl (C=O) groups is 1. The van der Waals surface area contributed by atoms with Crippen molar-refractivity contribution in [1.29, 1.82) is 0 Å². The molecular formula is C23H22N4O5S2. The first-order valence-corrected chi connectivity index (χ1v) is 12.9. The number of thiazole rings is 1. The average molecular weight is 499 g/mol. The van der Waals surface area contributed by atoms with Crippen LogP contribution in [0, 0.1) is 0 Å². The molecule has 11 heteroatoms. The Bertz CT molecular complexity index is 1460. The minimum atomic E-state index is -3.85. The van der Waals surface area contributed by atoms with Gasteiger partial charge in [-0.3, -0.25) is 10.1 Å². The van der Waals surface area contributed by atoms with Gasteiger partial charge in [0, 0.05) is 46.7 Å². The van der Waals surface area contributed by atoms with Crippen LogP contribution in [-0.4, -0.2) is 62.0 Å². The van der Waals surface area contributed by atoms with Gasteiger partial charge in [-0.25, -0.2) is 13.4 Å². The number of hydrogen-bond acceptors (Lipinski definition) is 7. The predicted octanol–water partition coefficient (Wildman–Crippen LogP) is 3.57. The van der Waals surface area contributed by atoms with Crippen LogP contribution in [0.5, 0.6) is 5.75 Å². The fourth-order valence-electron chi connectivity index (χ4n) is 3.85. The van der Waals surface area contributed by atoms with Crippen LogP contribution >= 0.6 is 11.3 Å². The third kappa shape index (κ3) is 4.18. The van der Waals surface area contributed by atoms with Crippen LogP contribution < -0.4 is 10.1 Å². The molecule has 0 spiro atoms. The maximum absolute atomic E-state index is 13.2. The molecule has 0 bridgehead atoms. The number of anilines is 1. The lowest BCUT2D eigenvalue weighted by atomic mass is 10.1. The summed E-state index contributed by atoms with van der Waals surface area (Å²) in [6.45, 7) is 1.14. The number of aromatic amines is 1. The molecule has 2 aromatic heterocycles. The Morgan fingerprint density at radius 1 is 1.21 bits per heavy atom. The number of nitrogens with one attached hydrogen (secondary N) is 2. The molecule has 2 N–H and O–H groups in total. The monoisotopic (exact) mass is 498 g/mol. The van der Waals surface area contributed by atoms with Crippen molar-refractivity contribution in [3.8, 4) is 17.0 Å². The standard InChI is InChI=1S/C23H22N4O5S2/c1-31-20-7-6-15(12-21(20)34(29,30)27-8-10-32-11-9-27)22(28)26-23-25-19(14-33-23)17-13-24-18-5-3-2-4-16(17)18/h2-7,12-14,24H,8-11H2,1H3,(H,25,26,28). The Kier molecular flexibility index (Phi) is 6.09. The Morgan fingerprint density at radius 2 is 2.00 bits per heavy atom. The van der Waals surface area contributed by atoms with E-state index in [1.54, 1.807) is 0 Å². The third-order valence-corrected chi connectivity index (χ3v) is 8.28. The summed E-state index contributed by atoms with van der Waals surface area (Å²) in [5, 5.41) is 6.10. The van der Waals surface area contributed by atoms with Crippen molar-refractivity contribution >= 4 is 43.3 Å². The van der Waals surface area contributed by atoms with Crippen LogP contribution in [-0.2, 0) is 14.8 Å². The van der Waals surface area contributed by atoms with E-state index in [1.807, 2.05) is 35.8 Å². The molecule has 9 nitrogen and oxygen atoms in total. The topological polar surface area (TPSA) is 114 Å². The number of H-pyrrole nitrogens is 1. The number of carbonyl (C=O) groups excluding carboxylic acids is 1. The van der Waals surface area contributed by atoms with Gasteiger partial charge in [0.1, 0.15) is 10.6 Å². The number of ether oxygens (including phenoxy) is 2. The van der Waals surface area contributed by atoms with Gasteiger partial charge in [0.05, 0.1) is 26.0 Å². The first-order valence-electron chi connectivity index (χ1n) is 10.6. The predicted molar refractivity (Wildman–Crippen MR) is 130 cm³/mol. The number of aromatic nitrogens is 2. The van der Waals surface area contributed by atoms with Gasteiger partial charge in [-0.1, -0.05) is 18.2 Å². The molecule has 176 valence electrons. The van der Waals surface area contributed by atoms with Gasteiger partial charge in [-0.2, -0.15) is 4.31 Å². The van der Waals surface area contributed by atoms with Gasteiger partial charge in [-0.15, -0.1) is 11.3 Å². The van der Waals surface area contributed by atoms with Crippen molar-refractivity contribution in [2.75, 3.05) is 38.7 Å². The van der Waals surface area contributed by atoms with Crippen LogP contribution in [0.25, 0.3) is 22.2 Å². The zero-order valence-electron chi connectivity index (χ0n) is 18.3. The lowest BCUT2D eigenvalue weighted by Crippen LogP contribution is -2.40. The molecule has 3 heterocycles. The molecule has 1 amide bonds. The molecule has 1 aliphatic heterocycles. The van der Waals surface area contributed by atoms with Gasteiger partial charge >= 0.3 is 0 Å². The Hall–Kier alpha value is -3.25. The molecule has 2 aromatic carbocycles. The zero-order chi connectivity index (χ0) is 23.7. The number of fused-ring (bicyclic) bond motifs is 1. The Balaban J connectivity index is 1.40. The molecule has 0 atom stereocenters. The fraction of sp³-hybridized carbons (Fsp3) is 0.217. The number of benzene rings is 2. The van der Waals surface area contributed by atoms with Gasteiger partial charge in [0.2, 0.25) is 10.0 Å². The molecule has 34 heavy (non-hydrogen) atoms. The number of hydrogen-bond donors (Lipinski definition) is 2. The molecule has 0 aliphatic carbocycles.